The number of rotatable bonds is 21. The molecule has 0 saturated heterocycles. The van der Waals surface area contributed by atoms with Gasteiger partial charge >= 0.3 is 11.9 Å². The summed E-state index contributed by atoms with van der Waals surface area (Å²) in [6, 6.07) is 26.9. The molecule has 0 aliphatic carbocycles. The summed E-state index contributed by atoms with van der Waals surface area (Å²) in [4.78, 5) is 40.1. The molecule has 4 rings (SSSR count). The number of likely N-dealkylation sites (N-methyl/N-ethyl adjacent to an activating group) is 1. The summed E-state index contributed by atoms with van der Waals surface area (Å²) in [5, 5.41) is 0. The molecule has 0 fully saturated rings. The maximum atomic E-state index is 12.5. The van der Waals surface area contributed by atoms with Crippen LogP contribution in [0.5, 0.6) is 11.5 Å². The Labute approximate surface area is 326 Å². The second kappa shape index (κ2) is 21.8. The molecule has 4 aromatic carbocycles. The molecular weight excluding hydrogens is 693 g/mol. The largest absolute Gasteiger partial charge is 0.496 e. The van der Waals surface area contributed by atoms with Crippen molar-refractivity contribution in [1.82, 2.24) is 0 Å². The zero-order chi connectivity index (χ0) is 39.6. The molecule has 4 aromatic rings. The van der Waals surface area contributed by atoms with E-state index in [4.69, 9.17) is 18.9 Å². The van der Waals surface area contributed by atoms with E-state index in [-0.39, 0.29) is 19.0 Å². The van der Waals surface area contributed by atoms with Crippen molar-refractivity contribution in [3.05, 3.63) is 118 Å². The Hall–Kier alpha value is -5.83. The van der Waals surface area contributed by atoms with Crippen LogP contribution in [-0.2, 0) is 14.3 Å². The molecule has 0 bridgehead atoms. The van der Waals surface area contributed by atoms with Crippen LogP contribution in [0.3, 0.4) is 0 Å². The minimum Gasteiger partial charge on any atom is -0.496 e. The minimum absolute atomic E-state index is 0.181. The number of hydrogen-bond donors (Lipinski definition) is 0. The van der Waals surface area contributed by atoms with E-state index in [9.17, 15) is 14.4 Å². The van der Waals surface area contributed by atoms with Gasteiger partial charge in [-0.25, -0.2) is 4.79 Å². The summed E-state index contributed by atoms with van der Waals surface area (Å²) in [7, 11) is 5.28. The van der Waals surface area contributed by atoms with Crippen LogP contribution >= 0.6 is 0 Å². The standard InChI is InChI=1S/C46H54N2O7/c1-7-9-27-48(28-10-8-2)42-25-15-36(16-26-42)12-18-40-32-44(52-5)39(31-45(40)53-6)17-11-35-13-23-41(24-14-35)47(4)29-30-54-46(51)38-21-19-37(20-22-38)43(50)33-55-34(3)49/h11-26,31-32H,7-10,27-30,33H2,1-6H3/b17-11+,18-12+. The van der Waals surface area contributed by atoms with Gasteiger partial charge in [-0.15, -0.1) is 0 Å². The monoisotopic (exact) mass is 746 g/mol. The van der Waals surface area contributed by atoms with Crippen molar-refractivity contribution in [3.8, 4) is 11.5 Å². The number of carbonyl (C=O) groups is 3. The highest BCUT2D eigenvalue weighted by Crippen LogP contribution is 2.32. The summed E-state index contributed by atoms with van der Waals surface area (Å²) in [5.41, 5.74) is 6.86. The van der Waals surface area contributed by atoms with Crippen LogP contribution < -0.4 is 19.3 Å². The first kappa shape index (κ1) is 41.9. The Balaban J connectivity index is 1.33. The number of anilines is 2. The average Bonchev–Trinajstić information content (AvgIpc) is 3.21. The minimum atomic E-state index is -0.528. The van der Waals surface area contributed by atoms with E-state index in [1.54, 1.807) is 14.2 Å². The molecule has 0 aliphatic heterocycles. The van der Waals surface area contributed by atoms with Crippen molar-refractivity contribution in [1.29, 1.82) is 0 Å². The lowest BCUT2D eigenvalue weighted by molar-refractivity contribution is -0.139. The van der Waals surface area contributed by atoms with Gasteiger partial charge in [-0.05, 0) is 72.5 Å². The molecule has 0 amide bonds. The number of hydrogen-bond acceptors (Lipinski definition) is 9. The molecule has 0 heterocycles. The molecular formula is C46H54N2O7. The van der Waals surface area contributed by atoms with Gasteiger partial charge in [0.15, 0.2) is 12.4 Å². The number of benzene rings is 4. The van der Waals surface area contributed by atoms with Crippen LogP contribution in [0.15, 0.2) is 84.9 Å². The van der Waals surface area contributed by atoms with E-state index in [0.717, 1.165) is 52.5 Å². The van der Waals surface area contributed by atoms with Crippen molar-refractivity contribution in [2.24, 2.45) is 0 Å². The quantitative estimate of drug-likeness (QED) is 0.0470. The van der Waals surface area contributed by atoms with E-state index < -0.39 is 11.9 Å². The molecule has 0 N–H and O–H groups in total. The Bertz CT molecular complexity index is 1890. The van der Waals surface area contributed by atoms with Crippen LogP contribution in [0.4, 0.5) is 11.4 Å². The Morgan fingerprint density at radius 3 is 1.58 bits per heavy atom. The van der Waals surface area contributed by atoms with E-state index in [1.807, 2.05) is 60.5 Å². The number of ether oxygens (including phenoxy) is 4. The number of unbranched alkanes of at least 4 members (excludes halogenated alkanes) is 2. The summed E-state index contributed by atoms with van der Waals surface area (Å²) in [5.74, 6) is 0.129. The van der Waals surface area contributed by atoms with Gasteiger partial charge in [-0.3, -0.25) is 9.59 Å². The molecule has 0 aromatic heterocycles. The summed E-state index contributed by atoms with van der Waals surface area (Å²) < 4.78 is 21.8. The van der Waals surface area contributed by atoms with Gasteiger partial charge in [0.05, 0.1) is 26.3 Å². The lowest BCUT2D eigenvalue weighted by atomic mass is 10.0. The van der Waals surface area contributed by atoms with Gasteiger partial charge in [0, 0.05) is 55.1 Å². The fourth-order valence-electron chi connectivity index (χ4n) is 5.81. The fourth-order valence-corrected chi connectivity index (χ4v) is 5.81. The predicted octanol–water partition coefficient (Wildman–Crippen LogP) is 9.49. The van der Waals surface area contributed by atoms with E-state index in [2.05, 4.69) is 55.2 Å². The molecule has 0 spiro atoms. The molecule has 9 heteroatoms. The Morgan fingerprint density at radius 2 is 1.11 bits per heavy atom. The van der Waals surface area contributed by atoms with Crippen LogP contribution in [0.25, 0.3) is 24.3 Å². The smallest absolute Gasteiger partial charge is 0.338 e. The SMILES string of the molecule is CCCCN(CCCC)c1ccc(/C=C/c2cc(OC)c(/C=C/c3ccc(N(C)CCOC(=O)c4ccc(C(=O)COC(C)=O)cc4)cc3)cc2OC)cc1. The molecule has 9 nitrogen and oxygen atoms in total. The summed E-state index contributed by atoms with van der Waals surface area (Å²) in [6.45, 7) is 8.21. The van der Waals surface area contributed by atoms with Crippen LogP contribution in [0, 0.1) is 0 Å². The third-order valence-electron chi connectivity index (χ3n) is 9.16. The van der Waals surface area contributed by atoms with Gasteiger partial charge in [0.25, 0.3) is 0 Å². The van der Waals surface area contributed by atoms with Gasteiger partial charge in [-0.2, -0.15) is 0 Å². The number of ketones is 1. The van der Waals surface area contributed by atoms with Gasteiger partial charge in [0.1, 0.15) is 18.1 Å². The molecule has 0 saturated carbocycles. The van der Waals surface area contributed by atoms with Crippen molar-refractivity contribution in [3.63, 3.8) is 0 Å². The van der Waals surface area contributed by atoms with E-state index >= 15 is 0 Å². The normalized spacial score (nSPS) is 11.1. The zero-order valence-electron chi connectivity index (χ0n) is 33.0. The lowest BCUT2D eigenvalue weighted by Crippen LogP contribution is -2.25. The number of carbonyl (C=O) groups excluding carboxylic acids is 3. The first-order valence-electron chi connectivity index (χ1n) is 18.9. The number of methoxy groups -OCH3 is 2. The van der Waals surface area contributed by atoms with E-state index in [0.29, 0.717) is 17.7 Å². The predicted molar refractivity (Wildman–Crippen MR) is 223 cm³/mol. The number of Topliss-reactive ketones (excluding diaryl/α,β-unsaturated/α-hetero) is 1. The molecule has 0 unspecified atom stereocenters. The third-order valence-corrected chi connectivity index (χ3v) is 9.16. The van der Waals surface area contributed by atoms with Crippen molar-refractivity contribution in [2.75, 3.05) is 63.9 Å². The van der Waals surface area contributed by atoms with Crippen LogP contribution in [-0.4, -0.2) is 71.8 Å². The van der Waals surface area contributed by atoms with Crippen molar-refractivity contribution in [2.45, 2.75) is 46.5 Å². The fraction of sp³-hybridized carbons (Fsp3) is 0.326. The summed E-state index contributed by atoms with van der Waals surface area (Å²) in [6.07, 6.45) is 13.0. The lowest BCUT2D eigenvalue weighted by Gasteiger charge is -2.24. The first-order chi connectivity index (χ1) is 26.6. The van der Waals surface area contributed by atoms with Crippen molar-refractivity contribution < 1.29 is 33.3 Å². The van der Waals surface area contributed by atoms with Gasteiger partial charge in [0.2, 0.25) is 0 Å². The second-order valence-corrected chi connectivity index (χ2v) is 13.2. The zero-order valence-corrected chi connectivity index (χ0v) is 33.0. The maximum Gasteiger partial charge on any atom is 0.338 e. The highest BCUT2D eigenvalue weighted by molar-refractivity contribution is 5.99. The maximum absolute atomic E-state index is 12.5. The Morgan fingerprint density at radius 1 is 0.618 bits per heavy atom. The highest BCUT2D eigenvalue weighted by Gasteiger charge is 2.13. The number of esters is 2. The molecule has 0 aliphatic rings. The average molecular weight is 747 g/mol. The Kier molecular flexibility index (Phi) is 16.6. The molecule has 55 heavy (non-hydrogen) atoms. The number of nitrogens with zero attached hydrogens (tertiary/aromatic N) is 2. The first-order valence-corrected chi connectivity index (χ1v) is 18.9. The molecule has 0 atom stereocenters. The summed E-state index contributed by atoms with van der Waals surface area (Å²) >= 11 is 0. The highest BCUT2D eigenvalue weighted by atomic mass is 16.5. The van der Waals surface area contributed by atoms with Crippen LogP contribution in [0.1, 0.15) is 89.4 Å². The van der Waals surface area contributed by atoms with Crippen molar-refractivity contribution >= 4 is 53.4 Å². The third kappa shape index (κ3) is 12.9. The van der Waals surface area contributed by atoms with Gasteiger partial charge < -0.3 is 28.7 Å². The second-order valence-electron chi connectivity index (χ2n) is 13.2. The van der Waals surface area contributed by atoms with E-state index in [1.165, 1.54) is 62.6 Å². The topological polar surface area (TPSA) is 94.6 Å². The molecule has 290 valence electrons. The van der Waals surface area contributed by atoms with Gasteiger partial charge in [-0.1, -0.05) is 87.4 Å². The molecule has 0 radical (unpaired) electrons. The van der Waals surface area contributed by atoms with Crippen LogP contribution in [0.2, 0.25) is 0 Å².